The zero-order chi connectivity index (χ0) is 10.0. The smallest absolute Gasteiger partial charge is 0.338 e. The lowest BCUT2D eigenvalue weighted by Gasteiger charge is -2.02. The summed E-state index contributed by atoms with van der Waals surface area (Å²) in [5, 5.41) is 17.4. The van der Waals surface area contributed by atoms with Crippen LogP contribution in [0.1, 0.15) is 15.9 Å². The van der Waals surface area contributed by atoms with Gasteiger partial charge in [-0.15, -0.1) is 0 Å². The molecule has 0 aliphatic carbocycles. The molecular weight excluding hydrogens is 302 g/mol. The Morgan fingerprint density at radius 3 is 2.54 bits per heavy atom. The molecule has 13 heavy (non-hydrogen) atoms. The molecule has 0 amide bonds. The van der Waals surface area contributed by atoms with E-state index in [2.05, 4.69) is 31.9 Å². The number of hydrogen-bond donors (Lipinski definition) is 1. The SMILES string of the molecule is N#Cc1ccc(Br)c(C(=O)O)c1Br. The Labute approximate surface area is 91.2 Å². The highest BCUT2D eigenvalue weighted by atomic mass is 79.9. The summed E-state index contributed by atoms with van der Waals surface area (Å²) in [5.41, 5.74) is 0.375. The van der Waals surface area contributed by atoms with Crippen molar-refractivity contribution in [2.45, 2.75) is 0 Å². The van der Waals surface area contributed by atoms with Gasteiger partial charge in [0.2, 0.25) is 0 Å². The van der Waals surface area contributed by atoms with Gasteiger partial charge in [0.1, 0.15) is 6.07 Å². The molecule has 0 aromatic heterocycles. The Bertz CT molecular complexity index is 409. The average molecular weight is 305 g/mol. The second-order valence-corrected chi connectivity index (χ2v) is 3.85. The number of benzene rings is 1. The highest BCUT2D eigenvalue weighted by molar-refractivity contribution is 9.11. The Hall–Kier alpha value is -0.860. The average Bonchev–Trinajstić information content (AvgIpc) is 2.04. The summed E-state index contributed by atoms with van der Waals surface area (Å²) in [7, 11) is 0. The molecule has 0 aliphatic heterocycles. The van der Waals surface area contributed by atoms with Gasteiger partial charge in [0.05, 0.1) is 15.6 Å². The summed E-state index contributed by atoms with van der Waals surface area (Å²) < 4.78 is 0.753. The second-order valence-electron chi connectivity index (χ2n) is 2.20. The molecule has 1 N–H and O–H groups in total. The van der Waals surface area contributed by atoms with Crippen LogP contribution in [0.4, 0.5) is 0 Å². The van der Waals surface area contributed by atoms with Gasteiger partial charge in [0.25, 0.3) is 0 Å². The van der Waals surface area contributed by atoms with Crippen molar-refractivity contribution in [3.63, 3.8) is 0 Å². The summed E-state index contributed by atoms with van der Waals surface area (Å²) in [6.07, 6.45) is 0. The van der Waals surface area contributed by atoms with E-state index in [0.717, 1.165) is 0 Å². The highest BCUT2D eigenvalue weighted by Gasteiger charge is 2.15. The third-order valence-electron chi connectivity index (χ3n) is 1.43. The first-order valence-corrected chi connectivity index (χ1v) is 4.78. The number of nitrogens with zero attached hydrogens (tertiary/aromatic N) is 1. The van der Waals surface area contributed by atoms with Crippen molar-refractivity contribution >= 4 is 37.8 Å². The summed E-state index contributed by atoms with van der Waals surface area (Å²) in [6.45, 7) is 0. The fourth-order valence-corrected chi connectivity index (χ4v) is 2.20. The van der Waals surface area contributed by atoms with Crippen LogP contribution in [0.15, 0.2) is 21.1 Å². The molecule has 0 radical (unpaired) electrons. The molecule has 5 heteroatoms. The van der Waals surface area contributed by atoms with Gasteiger partial charge in [0.15, 0.2) is 0 Å². The maximum Gasteiger partial charge on any atom is 0.338 e. The molecule has 0 bridgehead atoms. The van der Waals surface area contributed by atoms with Crippen molar-refractivity contribution in [1.29, 1.82) is 5.26 Å². The number of rotatable bonds is 1. The molecule has 1 rings (SSSR count). The molecule has 66 valence electrons. The molecule has 0 spiro atoms. The van der Waals surface area contributed by atoms with Crippen LogP contribution in [0.3, 0.4) is 0 Å². The first-order valence-electron chi connectivity index (χ1n) is 3.19. The van der Waals surface area contributed by atoms with Crippen molar-refractivity contribution in [2.24, 2.45) is 0 Å². The molecule has 1 aromatic carbocycles. The zero-order valence-corrected chi connectivity index (χ0v) is 9.39. The predicted molar refractivity (Wildman–Crippen MR) is 53.5 cm³/mol. The van der Waals surface area contributed by atoms with E-state index >= 15 is 0 Å². The van der Waals surface area contributed by atoms with Gasteiger partial charge in [-0.05, 0) is 44.0 Å². The lowest BCUT2D eigenvalue weighted by Crippen LogP contribution is -2.00. The van der Waals surface area contributed by atoms with Crippen molar-refractivity contribution in [1.82, 2.24) is 0 Å². The molecule has 0 saturated heterocycles. The third-order valence-corrected chi connectivity index (χ3v) is 2.91. The van der Waals surface area contributed by atoms with Gasteiger partial charge in [-0.2, -0.15) is 5.26 Å². The maximum absolute atomic E-state index is 10.7. The standard InChI is InChI=1S/C8H3Br2NO2/c9-5-2-1-4(3-11)7(10)6(5)8(12)13/h1-2H,(H,12,13). The molecular formula is C8H3Br2NO2. The van der Waals surface area contributed by atoms with Crippen LogP contribution in [0.25, 0.3) is 0 Å². The van der Waals surface area contributed by atoms with Gasteiger partial charge in [-0.3, -0.25) is 0 Å². The minimum atomic E-state index is -1.07. The summed E-state index contributed by atoms with van der Waals surface area (Å²) in [5.74, 6) is -1.07. The fraction of sp³-hybridized carbons (Fsp3) is 0. The van der Waals surface area contributed by atoms with E-state index in [1.54, 1.807) is 6.07 Å². The van der Waals surface area contributed by atoms with Crippen LogP contribution < -0.4 is 0 Å². The van der Waals surface area contributed by atoms with Gasteiger partial charge in [-0.1, -0.05) is 0 Å². The Balaban J connectivity index is 3.50. The van der Waals surface area contributed by atoms with Crippen LogP contribution in [-0.2, 0) is 0 Å². The normalized spacial score (nSPS) is 9.31. The van der Waals surface area contributed by atoms with E-state index in [4.69, 9.17) is 10.4 Å². The molecule has 0 saturated carbocycles. The summed E-state index contributed by atoms with van der Waals surface area (Å²) >= 11 is 6.15. The molecule has 0 heterocycles. The quantitative estimate of drug-likeness (QED) is 0.868. The van der Waals surface area contributed by atoms with E-state index in [0.29, 0.717) is 14.5 Å². The molecule has 0 unspecified atom stereocenters. The Morgan fingerprint density at radius 1 is 1.46 bits per heavy atom. The molecule has 0 aliphatic rings. The molecule has 3 nitrogen and oxygen atoms in total. The van der Waals surface area contributed by atoms with Gasteiger partial charge < -0.3 is 5.11 Å². The monoisotopic (exact) mass is 303 g/mol. The molecule has 1 aromatic rings. The van der Waals surface area contributed by atoms with Crippen molar-refractivity contribution < 1.29 is 9.90 Å². The topological polar surface area (TPSA) is 61.1 Å². The second kappa shape index (κ2) is 3.90. The number of aromatic carboxylic acids is 1. The van der Waals surface area contributed by atoms with Crippen LogP contribution in [0, 0.1) is 11.3 Å². The number of carboxylic acid groups (broad SMARTS) is 1. The Morgan fingerprint density at radius 2 is 2.08 bits per heavy atom. The number of carbonyl (C=O) groups is 1. The minimum absolute atomic E-state index is 0.0686. The van der Waals surface area contributed by atoms with Crippen LogP contribution >= 0.6 is 31.9 Å². The molecule has 0 atom stereocenters. The van der Waals surface area contributed by atoms with E-state index in [-0.39, 0.29) is 5.56 Å². The van der Waals surface area contributed by atoms with Gasteiger partial charge in [0, 0.05) is 4.47 Å². The largest absolute Gasteiger partial charge is 0.478 e. The van der Waals surface area contributed by atoms with Crippen molar-refractivity contribution in [2.75, 3.05) is 0 Å². The first-order chi connectivity index (χ1) is 6.07. The van der Waals surface area contributed by atoms with Gasteiger partial charge in [-0.25, -0.2) is 4.79 Å². The maximum atomic E-state index is 10.7. The number of carboxylic acids is 1. The van der Waals surface area contributed by atoms with E-state index < -0.39 is 5.97 Å². The minimum Gasteiger partial charge on any atom is -0.478 e. The number of nitriles is 1. The zero-order valence-electron chi connectivity index (χ0n) is 6.21. The van der Waals surface area contributed by atoms with E-state index in [1.165, 1.54) is 6.07 Å². The predicted octanol–water partition coefficient (Wildman–Crippen LogP) is 2.78. The van der Waals surface area contributed by atoms with Crippen molar-refractivity contribution in [3.8, 4) is 6.07 Å². The number of hydrogen-bond acceptors (Lipinski definition) is 2. The fourth-order valence-electron chi connectivity index (χ4n) is 0.835. The highest BCUT2D eigenvalue weighted by Crippen LogP contribution is 2.28. The lowest BCUT2D eigenvalue weighted by molar-refractivity contribution is 0.0695. The van der Waals surface area contributed by atoms with Crippen LogP contribution in [-0.4, -0.2) is 11.1 Å². The van der Waals surface area contributed by atoms with Crippen molar-refractivity contribution in [3.05, 3.63) is 32.2 Å². The lowest BCUT2D eigenvalue weighted by atomic mass is 10.1. The third kappa shape index (κ3) is 1.90. The Kier molecular flexibility index (Phi) is 3.07. The van der Waals surface area contributed by atoms with E-state index in [1.807, 2.05) is 6.07 Å². The first kappa shape index (κ1) is 10.2. The van der Waals surface area contributed by atoms with Gasteiger partial charge >= 0.3 is 5.97 Å². The van der Waals surface area contributed by atoms with E-state index in [9.17, 15) is 4.79 Å². The van der Waals surface area contributed by atoms with Crippen LogP contribution in [0.2, 0.25) is 0 Å². The summed E-state index contributed by atoms with van der Waals surface area (Å²) in [6, 6.07) is 4.96. The summed E-state index contributed by atoms with van der Waals surface area (Å²) in [4.78, 5) is 10.7. The molecule has 0 fully saturated rings. The number of halogens is 2. The van der Waals surface area contributed by atoms with Crippen LogP contribution in [0.5, 0.6) is 0 Å².